The number of nitrogens with one attached hydrogen (secondary N) is 2. The summed E-state index contributed by atoms with van der Waals surface area (Å²) < 4.78 is 15.2. The number of aromatic nitrogens is 5. The van der Waals surface area contributed by atoms with Crippen LogP contribution in [0.25, 0.3) is 22.1 Å². The van der Waals surface area contributed by atoms with Crippen molar-refractivity contribution in [3.8, 4) is 11.5 Å². The average molecular weight is 817 g/mol. The van der Waals surface area contributed by atoms with Gasteiger partial charge in [-0.3, -0.25) is 34.8 Å². The van der Waals surface area contributed by atoms with Gasteiger partial charge in [0.05, 0.1) is 40.5 Å². The van der Waals surface area contributed by atoms with Gasteiger partial charge in [0.1, 0.15) is 27.4 Å². The van der Waals surface area contributed by atoms with Crippen molar-refractivity contribution < 1.29 is 33.8 Å². The number of aryl methyl sites for hydroxylation is 2. The number of aliphatic hydroxyl groups excluding tert-OH is 1. The highest BCUT2D eigenvalue weighted by atomic mass is 32.2. The zero-order chi connectivity index (χ0) is 41.0. The maximum Gasteiger partial charge on any atom is 0.274 e. The largest absolute Gasteiger partial charge is 0.494 e. The lowest BCUT2D eigenvalue weighted by atomic mass is 10.1. The molecule has 6 rings (SSSR count). The number of nitrogens with two attached hydrogens (primary N) is 2. The molecule has 1 atom stereocenters. The van der Waals surface area contributed by atoms with E-state index in [1.54, 1.807) is 9.13 Å². The van der Waals surface area contributed by atoms with E-state index in [4.69, 9.17) is 25.9 Å². The monoisotopic (exact) mass is 816 g/mol. The first-order valence-electron chi connectivity index (χ1n) is 18.1. The molecule has 57 heavy (non-hydrogen) atoms. The number of allylic oxidation sites excluding steroid dienone is 3. The average Bonchev–Trinajstić information content (AvgIpc) is 3.95. The summed E-state index contributed by atoms with van der Waals surface area (Å²) in [6.07, 6.45) is 5.26. The molecule has 1 aliphatic heterocycles. The molecule has 1 aliphatic rings. The van der Waals surface area contributed by atoms with Crippen molar-refractivity contribution in [2.45, 2.75) is 60.0 Å². The zero-order valence-corrected chi connectivity index (χ0v) is 33.8. The Balaban J connectivity index is 1.40. The maximum atomic E-state index is 13.7. The van der Waals surface area contributed by atoms with Crippen molar-refractivity contribution in [3.05, 3.63) is 74.2 Å². The summed E-state index contributed by atoms with van der Waals surface area (Å²) in [7, 11) is 0.0912. The van der Waals surface area contributed by atoms with Crippen LogP contribution in [0.5, 0.6) is 11.5 Å². The fourth-order valence-corrected chi connectivity index (χ4v) is 8.77. The molecule has 0 saturated carbocycles. The zero-order valence-electron chi connectivity index (χ0n) is 32.1. The standard InChI is InChI=1S/C38H44N10O7S2/c1-6-24-19-57(21(4)42-24)38(53)46-37-44-27-16-23(34(40)51)18-29(55-14-10-13-49)31(27)48(37)12-9-8-11-47-30-26(15-22(33(39)50)17-28(30)54-5)43-36(47)45-35(52)32-25(7-2)41-20(3)56-32/h8-9,15-19,49,57H,6-7,10-14H2,1-5H3,(H2,39,50)(H2,40,51)(H,43,45,52)(H,44,46,53)/b9-8+. The highest BCUT2D eigenvalue weighted by Gasteiger charge is 2.25. The Bertz CT molecular complexity index is 2500. The van der Waals surface area contributed by atoms with Gasteiger partial charge in [0.25, 0.3) is 11.1 Å². The van der Waals surface area contributed by atoms with Gasteiger partial charge in [0.15, 0.2) is 0 Å². The minimum absolute atomic E-state index is 0.108. The molecule has 2 aromatic carbocycles. The molecule has 0 fully saturated rings. The third kappa shape index (κ3) is 8.54. The number of imidazole rings is 2. The lowest BCUT2D eigenvalue weighted by Gasteiger charge is -2.15. The number of amides is 4. The molecule has 17 nitrogen and oxygen atoms in total. The van der Waals surface area contributed by atoms with Gasteiger partial charge in [0, 0.05) is 42.9 Å². The number of hydrogen-bond donors (Lipinski definition) is 6. The molecular weight excluding hydrogens is 773 g/mol. The summed E-state index contributed by atoms with van der Waals surface area (Å²) in [5.74, 6) is -0.727. The number of methoxy groups -OCH3 is 1. The molecule has 19 heteroatoms. The number of ether oxygens (including phenoxy) is 2. The number of aliphatic imine (C=N–C) groups is 1. The van der Waals surface area contributed by atoms with E-state index in [0.717, 1.165) is 15.7 Å². The number of primary amides is 2. The predicted octanol–water partition coefficient (Wildman–Crippen LogP) is 5.41. The van der Waals surface area contributed by atoms with Crippen LogP contribution in [-0.4, -0.2) is 77.5 Å². The number of nitrogens with zero attached hydrogens (tertiary/aromatic N) is 6. The van der Waals surface area contributed by atoms with Crippen molar-refractivity contribution >= 4 is 84.2 Å². The fourth-order valence-electron chi connectivity index (χ4n) is 6.27. The van der Waals surface area contributed by atoms with Crippen LogP contribution in [0.2, 0.25) is 0 Å². The van der Waals surface area contributed by atoms with E-state index >= 15 is 0 Å². The second-order valence-electron chi connectivity index (χ2n) is 12.9. The fraction of sp³-hybridized carbons (Fsp3) is 0.316. The van der Waals surface area contributed by atoms with Crippen molar-refractivity contribution in [2.75, 3.05) is 31.0 Å². The number of hydrogen-bond acceptors (Lipinski definition) is 12. The van der Waals surface area contributed by atoms with E-state index in [1.807, 2.05) is 45.3 Å². The van der Waals surface area contributed by atoms with Gasteiger partial charge in [-0.1, -0.05) is 26.0 Å². The van der Waals surface area contributed by atoms with Crippen LogP contribution in [0.1, 0.15) is 74.7 Å². The van der Waals surface area contributed by atoms with Crippen LogP contribution in [-0.2, 0) is 19.5 Å². The SMILES string of the molecule is CCC1=C[SH](C(=O)Nc2nc3cc(C(N)=O)cc(OCCCO)c3n2C/C=C/Cn2c(NC(=O)c3sc(C)nc3CC)nc3cc(C(N)=O)cc(OC)c32)C(C)=N1. The number of thiol groups is 1. The molecule has 0 aliphatic carbocycles. The number of fused-ring (bicyclic) bond motifs is 2. The molecule has 4 heterocycles. The highest BCUT2D eigenvalue weighted by molar-refractivity contribution is 8.43. The Morgan fingerprint density at radius 2 is 1.47 bits per heavy atom. The Morgan fingerprint density at radius 3 is 2.02 bits per heavy atom. The molecule has 4 amide bonds. The van der Waals surface area contributed by atoms with Crippen LogP contribution in [0.15, 0.2) is 52.5 Å². The number of aliphatic hydroxyl groups is 1. The van der Waals surface area contributed by atoms with Gasteiger partial charge in [-0.05, 0) is 56.4 Å². The number of thiazole rings is 1. The Labute approximate surface area is 334 Å². The number of rotatable bonds is 16. The van der Waals surface area contributed by atoms with E-state index in [2.05, 4.69) is 25.6 Å². The van der Waals surface area contributed by atoms with E-state index < -0.39 is 22.7 Å². The lowest BCUT2D eigenvalue weighted by molar-refractivity contribution is 0.0991. The molecule has 5 aromatic rings. The maximum absolute atomic E-state index is 13.7. The van der Waals surface area contributed by atoms with E-state index in [0.29, 0.717) is 63.4 Å². The van der Waals surface area contributed by atoms with Gasteiger partial charge >= 0.3 is 0 Å². The van der Waals surface area contributed by atoms with Crippen molar-refractivity contribution in [1.82, 2.24) is 24.1 Å². The van der Waals surface area contributed by atoms with Gasteiger partial charge in [0.2, 0.25) is 23.7 Å². The summed E-state index contributed by atoms with van der Waals surface area (Å²) in [5.41, 5.74) is 14.9. The Morgan fingerprint density at radius 1 is 0.877 bits per heavy atom. The third-order valence-electron chi connectivity index (χ3n) is 9.01. The molecule has 0 saturated heterocycles. The van der Waals surface area contributed by atoms with Crippen LogP contribution in [0.4, 0.5) is 16.7 Å². The molecule has 1 unspecified atom stereocenters. The first kappa shape index (κ1) is 40.6. The van der Waals surface area contributed by atoms with Crippen molar-refractivity contribution in [2.24, 2.45) is 16.5 Å². The number of anilines is 2. The minimum Gasteiger partial charge on any atom is -0.494 e. The van der Waals surface area contributed by atoms with E-state index in [1.165, 1.54) is 42.7 Å². The van der Waals surface area contributed by atoms with Crippen LogP contribution >= 0.6 is 22.2 Å². The molecular formula is C38H44N10O7S2. The Kier molecular flexibility index (Phi) is 12.4. The van der Waals surface area contributed by atoms with Crippen LogP contribution < -0.4 is 31.6 Å². The van der Waals surface area contributed by atoms with E-state index in [-0.39, 0.29) is 60.5 Å². The molecule has 7 N–H and O–H groups in total. The molecule has 0 bridgehead atoms. The summed E-state index contributed by atoms with van der Waals surface area (Å²) >= 11 is 1.28. The van der Waals surface area contributed by atoms with Gasteiger partial charge in [-0.25, -0.2) is 15.0 Å². The van der Waals surface area contributed by atoms with Crippen molar-refractivity contribution in [3.63, 3.8) is 0 Å². The quantitative estimate of drug-likeness (QED) is 0.0420. The number of benzene rings is 2. The van der Waals surface area contributed by atoms with Crippen LogP contribution in [0.3, 0.4) is 0 Å². The lowest BCUT2D eigenvalue weighted by Crippen LogP contribution is -2.16. The number of carbonyl (C=O) groups is 4. The second-order valence-corrected chi connectivity index (χ2v) is 16.1. The molecule has 3 aromatic heterocycles. The van der Waals surface area contributed by atoms with Crippen LogP contribution in [0, 0.1) is 6.92 Å². The van der Waals surface area contributed by atoms with Gasteiger partial charge in [-0.15, -0.1) is 22.2 Å². The first-order chi connectivity index (χ1) is 27.4. The normalized spacial score (nSPS) is 14.6. The molecule has 0 radical (unpaired) electrons. The van der Waals surface area contributed by atoms with Crippen molar-refractivity contribution in [1.29, 1.82) is 0 Å². The minimum atomic E-state index is -1.37. The predicted molar refractivity (Wildman–Crippen MR) is 223 cm³/mol. The van der Waals surface area contributed by atoms with Gasteiger partial charge in [-0.2, -0.15) is 0 Å². The van der Waals surface area contributed by atoms with E-state index in [9.17, 15) is 24.3 Å². The summed E-state index contributed by atoms with van der Waals surface area (Å²) in [5, 5.41) is 18.4. The highest BCUT2D eigenvalue weighted by Crippen LogP contribution is 2.40. The smallest absolute Gasteiger partial charge is 0.274 e. The van der Waals surface area contributed by atoms with Gasteiger partial charge < -0.3 is 35.2 Å². The topological polar surface area (TPSA) is 244 Å². The molecule has 300 valence electrons. The molecule has 0 spiro atoms. The summed E-state index contributed by atoms with van der Waals surface area (Å²) in [6.45, 7) is 7.93. The summed E-state index contributed by atoms with van der Waals surface area (Å²) in [4.78, 5) is 70.7. The third-order valence-corrected chi connectivity index (χ3v) is 11.9. The Hall–Kier alpha value is -6.05. The number of carbonyl (C=O) groups excluding carboxylic acids is 4. The second kappa shape index (κ2) is 17.4. The first-order valence-corrected chi connectivity index (χ1v) is 20.3. The summed E-state index contributed by atoms with van der Waals surface area (Å²) in [6, 6.07) is 6.09.